The van der Waals surface area contributed by atoms with Crippen molar-refractivity contribution in [3.05, 3.63) is 28.7 Å². The van der Waals surface area contributed by atoms with Crippen LogP contribution < -0.4 is 4.74 Å². The van der Waals surface area contributed by atoms with Gasteiger partial charge in [0.15, 0.2) is 0 Å². The number of aliphatic hydroxyl groups excluding tert-OH is 1. The number of nitrogens with zero attached hydrogens (tertiary/aromatic N) is 2. The molecule has 0 unspecified atom stereocenters. The molecule has 1 fully saturated rings. The van der Waals surface area contributed by atoms with E-state index in [4.69, 9.17) is 14.6 Å². The molecule has 0 atom stereocenters. The lowest BCUT2D eigenvalue weighted by atomic mass is 9.92. The third kappa shape index (κ3) is 7.07. The highest BCUT2D eigenvalue weighted by Gasteiger charge is 2.28. The molecule has 156 valence electrons. The average Bonchev–Trinajstić information content (AvgIpc) is 2.69. The van der Waals surface area contributed by atoms with Gasteiger partial charge in [0, 0.05) is 31.2 Å². The quantitative estimate of drug-likeness (QED) is 0.649. The van der Waals surface area contributed by atoms with Gasteiger partial charge in [0.05, 0.1) is 25.7 Å². The molecule has 7 nitrogen and oxygen atoms in total. The second-order valence-electron chi connectivity index (χ2n) is 7.02. The predicted octanol–water partition coefficient (Wildman–Crippen LogP) is 3.05. The predicted molar refractivity (Wildman–Crippen MR) is 109 cm³/mol. The van der Waals surface area contributed by atoms with Gasteiger partial charge in [-0.1, -0.05) is 15.9 Å². The van der Waals surface area contributed by atoms with Crippen molar-refractivity contribution in [3.63, 3.8) is 0 Å². The van der Waals surface area contributed by atoms with Crippen LogP contribution in [0.1, 0.15) is 32.1 Å². The third-order valence-electron chi connectivity index (χ3n) is 5.03. The van der Waals surface area contributed by atoms with Crippen molar-refractivity contribution in [1.29, 1.82) is 0 Å². The number of hydrogen-bond acceptors (Lipinski definition) is 5. The fraction of sp³-hybridized carbons (Fsp3) is 0.600. The zero-order valence-electron chi connectivity index (χ0n) is 16.5. The number of likely N-dealkylation sites (N-methyl/N-ethyl adjacent to an activating group) is 1. The molecule has 1 saturated carbocycles. The van der Waals surface area contributed by atoms with Gasteiger partial charge in [0.1, 0.15) is 5.75 Å². The summed E-state index contributed by atoms with van der Waals surface area (Å²) in [6.07, 6.45) is 3.45. The lowest BCUT2D eigenvalue weighted by molar-refractivity contribution is -0.132. The van der Waals surface area contributed by atoms with E-state index in [1.807, 2.05) is 12.1 Å². The summed E-state index contributed by atoms with van der Waals surface area (Å²) in [5.41, 5.74) is 0. The second-order valence-corrected chi connectivity index (χ2v) is 7.94. The summed E-state index contributed by atoms with van der Waals surface area (Å²) in [5.74, 6) is 0.492. The fourth-order valence-corrected chi connectivity index (χ4v) is 3.47. The maximum absolute atomic E-state index is 12.3. The molecular formula is C20H29BrN2O5. The van der Waals surface area contributed by atoms with Gasteiger partial charge in [0.2, 0.25) is 5.91 Å². The van der Waals surface area contributed by atoms with Crippen LogP contribution in [-0.4, -0.2) is 72.9 Å². The number of benzene rings is 1. The van der Waals surface area contributed by atoms with E-state index in [0.29, 0.717) is 25.3 Å². The number of ether oxygens (including phenoxy) is 2. The Morgan fingerprint density at radius 1 is 1.14 bits per heavy atom. The zero-order chi connectivity index (χ0) is 20.5. The van der Waals surface area contributed by atoms with Crippen molar-refractivity contribution >= 4 is 27.9 Å². The van der Waals surface area contributed by atoms with E-state index in [0.717, 1.165) is 30.2 Å². The number of carbonyl (C=O) groups is 2. The van der Waals surface area contributed by atoms with Crippen LogP contribution in [-0.2, 0) is 9.53 Å². The topological polar surface area (TPSA) is 79.3 Å². The van der Waals surface area contributed by atoms with E-state index in [9.17, 15) is 9.59 Å². The Morgan fingerprint density at radius 2 is 1.79 bits per heavy atom. The number of carbonyl (C=O) groups excluding carboxylic acids is 2. The van der Waals surface area contributed by atoms with Gasteiger partial charge >= 0.3 is 6.09 Å². The first-order valence-electron chi connectivity index (χ1n) is 9.57. The molecule has 0 aliphatic heterocycles. The molecule has 0 saturated heterocycles. The Kier molecular flexibility index (Phi) is 9.21. The van der Waals surface area contributed by atoms with Crippen molar-refractivity contribution in [2.75, 3.05) is 33.9 Å². The lowest BCUT2D eigenvalue weighted by Gasteiger charge is -2.34. The first-order valence-corrected chi connectivity index (χ1v) is 10.4. The molecule has 1 aliphatic rings. The van der Waals surface area contributed by atoms with Gasteiger partial charge in [-0.15, -0.1) is 0 Å². The van der Waals surface area contributed by atoms with E-state index >= 15 is 0 Å². The van der Waals surface area contributed by atoms with Crippen LogP contribution in [0.25, 0.3) is 0 Å². The summed E-state index contributed by atoms with van der Waals surface area (Å²) < 4.78 is 12.2. The number of aliphatic hydroxyl groups is 1. The van der Waals surface area contributed by atoms with Gasteiger partial charge in [-0.25, -0.2) is 4.79 Å². The molecule has 1 aromatic rings. The van der Waals surface area contributed by atoms with Gasteiger partial charge in [-0.3, -0.25) is 4.79 Å². The molecule has 0 bridgehead atoms. The van der Waals surface area contributed by atoms with E-state index in [1.54, 1.807) is 31.1 Å². The first-order chi connectivity index (χ1) is 13.4. The number of hydrogen-bond donors (Lipinski definition) is 1. The maximum Gasteiger partial charge on any atom is 0.415 e. The van der Waals surface area contributed by atoms with Gasteiger partial charge in [-0.2, -0.15) is 0 Å². The van der Waals surface area contributed by atoms with Crippen molar-refractivity contribution in [1.82, 2.24) is 9.80 Å². The van der Waals surface area contributed by atoms with E-state index < -0.39 is 0 Å². The Balaban J connectivity index is 1.68. The SMILES string of the molecule is CN(CCO)C(=O)CCO[C@H]1CC[C@H](N(C)C(=O)Oc2ccc(Br)cc2)CC1. The van der Waals surface area contributed by atoms with Gasteiger partial charge in [0.25, 0.3) is 0 Å². The van der Waals surface area contributed by atoms with E-state index in [2.05, 4.69) is 15.9 Å². The number of rotatable bonds is 8. The van der Waals surface area contributed by atoms with Gasteiger partial charge < -0.3 is 24.4 Å². The molecule has 0 aromatic heterocycles. The molecule has 1 aliphatic carbocycles. The van der Waals surface area contributed by atoms with Crippen molar-refractivity contribution < 1.29 is 24.2 Å². The molecule has 0 radical (unpaired) electrons. The van der Waals surface area contributed by atoms with Crippen molar-refractivity contribution in [2.24, 2.45) is 0 Å². The largest absolute Gasteiger partial charge is 0.415 e. The highest BCUT2D eigenvalue weighted by Crippen LogP contribution is 2.25. The monoisotopic (exact) mass is 456 g/mol. The molecule has 2 amide bonds. The second kappa shape index (κ2) is 11.4. The summed E-state index contributed by atoms with van der Waals surface area (Å²) in [7, 11) is 3.44. The Hall–Kier alpha value is -1.64. The lowest BCUT2D eigenvalue weighted by Crippen LogP contribution is -2.42. The molecular weight excluding hydrogens is 428 g/mol. The third-order valence-corrected chi connectivity index (χ3v) is 5.56. The van der Waals surface area contributed by atoms with Crippen LogP contribution in [0.15, 0.2) is 28.7 Å². The standard InChI is InChI=1S/C20H29BrN2O5/c1-22(12-13-24)19(25)11-14-27-17-9-5-16(6-10-17)23(2)20(26)28-18-7-3-15(21)4-8-18/h3-4,7-8,16-17,24H,5-6,9-14H2,1-2H3/t16-,17-. The number of halogens is 1. The summed E-state index contributed by atoms with van der Waals surface area (Å²) in [5, 5.41) is 8.85. The van der Waals surface area contributed by atoms with E-state index in [-0.39, 0.29) is 30.8 Å². The summed E-state index contributed by atoms with van der Waals surface area (Å²) in [4.78, 5) is 27.3. The minimum atomic E-state index is -0.357. The van der Waals surface area contributed by atoms with Crippen LogP contribution in [0.5, 0.6) is 5.75 Å². The van der Waals surface area contributed by atoms with Crippen molar-refractivity contribution in [3.8, 4) is 5.75 Å². The molecule has 0 heterocycles. The molecule has 1 aromatic carbocycles. The summed E-state index contributed by atoms with van der Waals surface area (Å²) in [6, 6.07) is 7.29. The van der Waals surface area contributed by atoms with Crippen LogP contribution >= 0.6 is 15.9 Å². The average molecular weight is 457 g/mol. The normalized spacial score (nSPS) is 19.1. The molecule has 1 N–H and O–H groups in total. The van der Waals surface area contributed by atoms with Crippen LogP contribution in [0.3, 0.4) is 0 Å². The van der Waals surface area contributed by atoms with Crippen LogP contribution in [0, 0.1) is 0 Å². The smallest absolute Gasteiger partial charge is 0.410 e. The highest BCUT2D eigenvalue weighted by molar-refractivity contribution is 9.10. The van der Waals surface area contributed by atoms with Crippen LogP contribution in [0.2, 0.25) is 0 Å². The summed E-state index contributed by atoms with van der Waals surface area (Å²) in [6.45, 7) is 0.683. The minimum absolute atomic E-state index is 0.0295. The minimum Gasteiger partial charge on any atom is -0.410 e. The highest BCUT2D eigenvalue weighted by atomic mass is 79.9. The van der Waals surface area contributed by atoms with Gasteiger partial charge in [-0.05, 0) is 49.9 Å². The first kappa shape index (κ1) is 22.6. The molecule has 2 rings (SSSR count). The molecule has 8 heteroatoms. The fourth-order valence-electron chi connectivity index (χ4n) is 3.20. The summed E-state index contributed by atoms with van der Waals surface area (Å²) >= 11 is 3.35. The molecule has 0 spiro atoms. The Morgan fingerprint density at radius 3 is 2.39 bits per heavy atom. The Bertz CT molecular complexity index is 632. The van der Waals surface area contributed by atoms with Crippen molar-refractivity contribution in [2.45, 2.75) is 44.2 Å². The van der Waals surface area contributed by atoms with E-state index in [1.165, 1.54) is 4.90 Å². The zero-order valence-corrected chi connectivity index (χ0v) is 18.1. The van der Waals surface area contributed by atoms with Crippen LogP contribution in [0.4, 0.5) is 4.79 Å². The number of amides is 2. The molecule has 28 heavy (non-hydrogen) atoms. The maximum atomic E-state index is 12.3. The Labute approximate surface area is 174 Å².